The van der Waals surface area contributed by atoms with Crippen LogP contribution in [0, 0.1) is 33.0 Å². The molecule has 0 radical (unpaired) electrons. The molecule has 2 aromatic rings. The smallest absolute Gasteiger partial charge is 0.155 e. The number of nitrogens with two attached hydrogens (primary N) is 1. The van der Waals surface area contributed by atoms with Gasteiger partial charge < -0.3 is 15.8 Å². The van der Waals surface area contributed by atoms with E-state index in [1.165, 1.54) is 0 Å². The highest BCUT2D eigenvalue weighted by Crippen LogP contribution is 2.27. The van der Waals surface area contributed by atoms with Gasteiger partial charge in [0.15, 0.2) is 5.78 Å². The van der Waals surface area contributed by atoms with E-state index in [0.717, 1.165) is 119 Å². The van der Waals surface area contributed by atoms with Crippen LogP contribution in [0.4, 0.5) is 0 Å². The molecule has 1 aromatic carbocycles. The molecular formula is C86H136N2O6. The Balaban J connectivity index is -0.00000114. The molecule has 8 heteroatoms. The summed E-state index contributed by atoms with van der Waals surface area (Å²) >= 11 is 0. The lowest BCUT2D eigenvalue weighted by Gasteiger charge is -2.23. The first-order valence-corrected chi connectivity index (χ1v) is 35.3. The molecule has 1 heterocycles. The van der Waals surface area contributed by atoms with Crippen LogP contribution in [0.1, 0.15) is 266 Å². The number of rotatable bonds is 37. The van der Waals surface area contributed by atoms with Gasteiger partial charge in [-0.2, -0.15) is 0 Å². The predicted octanol–water partition coefficient (Wildman–Crippen LogP) is 24.1. The fourth-order valence-corrected chi connectivity index (χ4v) is 8.45. The number of hydrogen-bond donors (Lipinski definition) is 3. The zero-order valence-electron chi connectivity index (χ0n) is 63.2. The Morgan fingerprint density at radius 2 is 0.766 bits per heavy atom. The number of phenols is 1. The number of fused-ring (bicyclic) bond motifs is 1. The molecule has 1 aromatic heterocycles. The van der Waals surface area contributed by atoms with E-state index in [-0.39, 0.29) is 44.9 Å². The van der Waals surface area contributed by atoms with Crippen LogP contribution in [0.15, 0.2) is 182 Å². The minimum Gasteiger partial charge on any atom is -0.508 e. The molecule has 526 valence electrons. The van der Waals surface area contributed by atoms with Gasteiger partial charge in [-0.15, -0.1) is 0 Å². The van der Waals surface area contributed by atoms with Crippen molar-refractivity contribution in [3.8, 4) is 5.75 Å². The largest absolute Gasteiger partial charge is 0.508 e. The van der Waals surface area contributed by atoms with Gasteiger partial charge in [-0.3, -0.25) is 24.0 Å². The van der Waals surface area contributed by atoms with Crippen LogP contribution >= 0.6 is 0 Å². The highest BCUT2D eigenvalue weighted by atomic mass is 16.3. The van der Waals surface area contributed by atoms with Crippen LogP contribution in [0.25, 0.3) is 10.9 Å². The summed E-state index contributed by atoms with van der Waals surface area (Å²) in [5.74, 6) is 1.71. The number of allylic oxidation sites excluding steroid dienone is 26. The molecule has 0 spiro atoms. The number of carbonyl (C=O) groups excluding carboxylic acids is 5. The summed E-state index contributed by atoms with van der Waals surface area (Å²) < 4.78 is 0. The van der Waals surface area contributed by atoms with Crippen molar-refractivity contribution in [1.29, 1.82) is 0 Å². The molecule has 0 unspecified atom stereocenters. The fraction of sp³-hybridized carbons (Fsp3) is 0.547. The van der Waals surface area contributed by atoms with E-state index >= 15 is 0 Å². The van der Waals surface area contributed by atoms with Crippen LogP contribution in [0.2, 0.25) is 0 Å². The van der Waals surface area contributed by atoms with Crippen LogP contribution in [0.3, 0.4) is 0 Å². The molecule has 0 aliphatic heterocycles. The molecule has 0 saturated heterocycles. The SMILES string of the molecule is CC(C)(C)C(=O)[C@@H](N)Cc1c[nH]c2ccc(O)cc12.CC/C=C\C/C=C\C/C=C\C/C=C\C/C=C\C/C=C\CC(=O)C(C)(C)C.CC/C=C\C/C=C\C/C=C\C/C=C\C/C=C\CCCC(=O)C(C)(C)C.CC/C=C\CC(=O)C(C)(C)C.CC/C=C\CC(C)(C)C(=O)C(C)C. The number of phenolic OH excluding ortho intramolecular Hbond substituents is 1. The first-order chi connectivity index (χ1) is 44.1. The Hall–Kier alpha value is -6.51. The predicted molar refractivity (Wildman–Crippen MR) is 412 cm³/mol. The van der Waals surface area contributed by atoms with Gasteiger partial charge in [0, 0.05) is 69.4 Å². The van der Waals surface area contributed by atoms with Gasteiger partial charge in [0.1, 0.15) is 28.9 Å². The Bertz CT molecular complexity index is 2770. The fourth-order valence-electron chi connectivity index (χ4n) is 8.45. The standard InChI is InChI=1S/C25H38O.C24H38O.C15H20N2O2.C12H22O.C10H18O/c1-5-6-7-8-9-10-11-12-13-14-15-16-17-18-19-20-21-22-23-24(26)25(2,3)4;1-5-6-7-8-9-10-11-12-13-14-15-16-17-18-19-20-21-22-23(25)24(2,3)4;1-15(2,3)14(19)12(16)6-9-8-17-13-5-4-10(18)7-11(9)13;1-6-7-8-9-12(4,5)11(13)10(2)3;1-5-6-7-8-9(11)10(2,3)4/h6-7,9-10,12-13,15-16,18-19,21-22H,5,8,11,14,17,20,23H2,1-4H3;6-7,9-10,12-13,15-16,18-19H,5,8,11,14,17,20-22H2,1-4H3;4-5,7-8,12,17-18H,6,16H2,1-3H3;7-8,10H,6,9H2,1-5H3;6-7H,5,8H2,1-4H3/b7-6-,10-9-,13-12-,16-15-,19-18-,22-21-;7-6-,10-9-,13-12-,16-15-,19-18-;;8-7-;7-6-/t;;12-;;/m..0../s1. The van der Waals surface area contributed by atoms with Crippen molar-refractivity contribution in [2.45, 2.75) is 273 Å². The van der Waals surface area contributed by atoms with E-state index in [0.29, 0.717) is 43.0 Å². The number of aromatic amines is 1. The maximum Gasteiger partial charge on any atom is 0.155 e. The minimum absolute atomic E-state index is 0.0435. The zero-order chi connectivity index (χ0) is 71.9. The van der Waals surface area contributed by atoms with E-state index in [4.69, 9.17) is 5.73 Å². The van der Waals surface area contributed by atoms with Gasteiger partial charge in [0.2, 0.25) is 0 Å². The molecule has 0 aliphatic rings. The molecule has 0 aliphatic carbocycles. The number of aromatic nitrogens is 1. The number of hydrogen-bond acceptors (Lipinski definition) is 7. The van der Waals surface area contributed by atoms with Gasteiger partial charge in [0.05, 0.1) is 6.04 Å². The average molecular weight is 1290 g/mol. The number of aromatic hydroxyl groups is 1. The van der Waals surface area contributed by atoms with Crippen molar-refractivity contribution in [3.63, 3.8) is 0 Å². The van der Waals surface area contributed by atoms with Crippen LogP contribution < -0.4 is 5.73 Å². The lowest BCUT2D eigenvalue weighted by molar-refractivity contribution is -0.130. The third-order valence-corrected chi connectivity index (χ3v) is 14.5. The number of H-pyrrole nitrogens is 1. The van der Waals surface area contributed by atoms with E-state index in [1.807, 2.05) is 141 Å². The summed E-state index contributed by atoms with van der Waals surface area (Å²) in [5, 5.41) is 10.4. The van der Waals surface area contributed by atoms with Crippen molar-refractivity contribution in [3.05, 3.63) is 188 Å². The van der Waals surface area contributed by atoms with E-state index in [1.54, 1.807) is 12.1 Å². The summed E-state index contributed by atoms with van der Waals surface area (Å²) in [6.07, 6.45) is 76.4. The van der Waals surface area contributed by atoms with Crippen molar-refractivity contribution in [1.82, 2.24) is 4.98 Å². The summed E-state index contributed by atoms with van der Waals surface area (Å²) in [4.78, 5) is 61.8. The second kappa shape index (κ2) is 54.7. The highest BCUT2D eigenvalue weighted by molar-refractivity contribution is 5.91. The molecule has 94 heavy (non-hydrogen) atoms. The summed E-state index contributed by atoms with van der Waals surface area (Å²) in [6, 6.07) is 4.60. The van der Waals surface area contributed by atoms with E-state index < -0.39 is 11.5 Å². The van der Waals surface area contributed by atoms with Crippen molar-refractivity contribution < 1.29 is 29.1 Å². The quantitative estimate of drug-likeness (QED) is 0.0451. The minimum atomic E-state index is -0.527. The number of benzene rings is 1. The second-order valence-corrected chi connectivity index (χ2v) is 28.8. The molecule has 0 saturated carbocycles. The molecule has 0 fully saturated rings. The van der Waals surface area contributed by atoms with Crippen LogP contribution in [-0.2, 0) is 30.4 Å². The van der Waals surface area contributed by atoms with Gasteiger partial charge in [0.25, 0.3) is 0 Å². The zero-order valence-corrected chi connectivity index (χ0v) is 63.2. The third kappa shape index (κ3) is 52.8. The molecule has 1 atom stereocenters. The normalized spacial score (nSPS) is 13.3. The monoisotopic (exact) mass is 1290 g/mol. The molecule has 0 bridgehead atoms. The summed E-state index contributed by atoms with van der Waals surface area (Å²) in [7, 11) is 0. The van der Waals surface area contributed by atoms with Crippen molar-refractivity contribution in [2.75, 3.05) is 0 Å². The Morgan fingerprint density at radius 1 is 0.436 bits per heavy atom. The van der Waals surface area contributed by atoms with E-state index in [9.17, 15) is 29.1 Å². The lowest BCUT2D eigenvalue weighted by Crippen LogP contribution is -2.40. The van der Waals surface area contributed by atoms with Gasteiger partial charge in [-0.1, -0.05) is 296 Å². The molecule has 4 N–H and O–H groups in total. The van der Waals surface area contributed by atoms with Gasteiger partial charge in [-0.25, -0.2) is 0 Å². The van der Waals surface area contributed by atoms with Crippen LogP contribution in [-0.4, -0.2) is 45.0 Å². The first-order valence-electron chi connectivity index (χ1n) is 35.3. The molecule has 0 amide bonds. The maximum atomic E-state index is 12.1. The van der Waals surface area contributed by atoms with Crippen molar-refractivity contribution >= 4 is 39.8 Å². The Kier molecular flexibility index (Phi) is 53.4. The van der Waals surface area contributed by atoms with Gasteiger partial charge >= 0.3 is 0 Å². The van der Waals surface area contributed by atoms with Crippen LogP contribution in [0.5, 0.6) is 5.75 Å². The van der Waals surface area contributed by atoms with E-state index in [2.05, 4.69) is 172 Å². The molecular weight excluding hydrogens is 1160 g/mol. The first kappa shape index (κ1) is 91.7. The van der Waals surface area contributed by atoms with Gasteiger partial charge in [-0.05, 0) is 133 Å². The van der Waals surface area contributed by atoms with Crippen molar-refractivity contribution in [2.24, 2.45) is 38.7 Å². The maximum absolute atomic E-state index is 12.1. The number of unbranched alkanes of at least 4 members (excludes halogenated alkanes) is 1. The summed E-state index contributed by atoms with van der Waals surface area (Å²) in [6.45, 7) is 39.8. The summed E-state index contributed by atoms with van der Waals surface area (Å²) in [5.41, 5.74) is 6.64. The molecule has 2 rings (SSSR count). The number of nitrogens with one attached hydrogen (secondary N) is 1. The number of carbonyl (C=O) groups is 5. The average Bonchev–Trinajstić information content (AvgIpc) is 1.66. The topological polar surface area (TPSA) is 147 Å². The Morgan fingerprint density at radius 3 is 1.12 bits per heavy atom. The second-order valence-electron chi connectivity index (χ2n) is 28.8. The number of ketones is 5. The highest BCUT2D eigenvalue weighted by Gasteiger charge is 2.29. The third-order valence-electron chi connectivity index (χ3n) is 14.5. The molecule has 8 nitrogen and oxygen atoms in total. The number of Topliss-reactive ketones (excluding diaryl/α,β-unsaturated/α-hetero) is 5. The lowest BCUT2D eigenvalue weighted by atomic mass is 9.79. The Labute approximate surface area is 576 Å².